The number of hydrogen-bond acceptors (Lipinski definition) is 2. The molecule has 0 fully saturated rings. The van der Waals surface area contributed by atoms with Gasteiger partial charge >= 0.3 is 0 Å². The first-order valence-corrected chi connectivity index (χ1v) is 6.38. The Morgan fingerprint density at radius 3 is 2.62 bits per heavy atom. The number of aliphatic hydroxyl groups is 1. The Morgan fingerprint density at radius 2 is 2.06 bits per heavy atom. The summed E-state index contributed by atoms with van der Waals surface area (Å²) in [6.07, 6.45) is 1.09. The summed E-state index contributed by atoms with van der Waals surface area (Å²) < 4.78 is 0. The summed E-state index contributed by atoms with van der Waals surface area (Å²) in [4.78, 5) is 11.4. The van der Waals surface area contributed by atoms with Gasteiger partial charge in [0, 0.05) is 11.8 Å². The summed E-state index contributed by atoms with van der Waals surface area (Å²) in [5, 5.41) is 12.6. The molecule has 1 aromatic rings. The molecule has 0 saturated heterocycles. The van der Waals surface area contributed by atoms with Crippen LogP contribution in [0.4, 0.5) is 0 Å². The third-order valence-electron chi connectivity index (χ3n) is 2.23. The lowest BCUT2D eigenvalue weighted by molar-refractivity contribution is -0.121. The number of halogens is 1. The second-order valence-corrected chi connectivity index (χ2v) is 4.37. The molecule has 0 unspecified atom stereocenters. The van der Waals surface area contributed by atoms with E-state index in [1.54, 1.807) is 0 Å². The van der Waals surface area contributed by atoms with Crippen LogP contribution in [0.15, 0.2) is 30.3 Å². The second-order valence-electron chi connectivity index (χ2n) is 3.58. The summed E-state index contributed by atoms with van der Waals surface area (Å²) in [5.74, 6) is -0.0353. The lowest BCUT2D eigenvalue weighted by Gasteiger charge is -2.16. The highest BCUT2D eigenvalue weighted by atomic mass is 79.9. The quantitative estimate of drug-likeness (QED) is 0.778. The van der Waals surface area contributed by atoms with Gasteiger partial charge in [-0.15, -0.1) is 0 Å². The molecule has 0 bridgehead atoms. The maximum atomic E-state index is 11.4. The molecule has 1 amide bonds. The zero-order valence-electron chi connectivity index (χ0n) is 9.03. The zero-order valence-corrected chi connectivity index (χ0v) is 10.6. The van der Waals surface area contributed by atoms with E-state index in [9.17, 15) is 9.90 Å². The fourth-order valence-electron chi connectivity index (χ4n) is 1.45. The van der Waals surface area contributed by atoms with Gasteiger partial charge in [0.25, 0.3) is 0 Å². The molecule has 3 nitrogen and oxygen atoms in total. The van der Waals surface area contributed by atoms with E-state index >= 15 is 0 Å². The number of nitrogens with one attached hydrogen (secondary N) is 1. The predicted octanol–water partition coefficient (Wildman–Crippen LogP) is 1.49. The van der Waals surface area contributed by atoms with Crippen molar-refractivity contribution in [3.05, 3.63) is 35.9 Å². The average Bonchev–Trinajstić information content (AvgIpc) is 2.30. The van der Waals surface area contributed by atoms with Crippen molar-refractivity contribution >= 4 is 21.8 Å². The molecule has 0 aliphatic rings. The van der Waals surface area contributed by atoms with Crippen LogP contribution in [0.5, 0.6) is 0 Å². The molecule has 88 valence electrons. The first-order valence-electron chi connectivity index (χ1n) is 5.26. The fraction of sp³-hybridized carbons (Fsp3) is 0.417. The highest BCUT2D eigenvalue weighted by Crippen LogP contribution is 2.03. The van der Waals surface area contributed by atoms with Crippen molar-refractivity contribution in [3.63, 3.8) is 0 Å². The highest BCUT2D eigenvalue weighted by Gasteiger charge is 2.11. The Morgan fingerprint density at radius 1 is 1.38 bits per heavy atom. The van der Waals surface area contributed by atoms with Gasteiger partial charge in [0.15, 0.2) is 0 Å². The Labute approximate surface area is 104 Å². The Hall–Kier alpha value is -0.870. The van der Waals surface area contributed by atoms with Crippen LogP contribution in [0.2, 0.25) is 0 Å². The molecule has 0 radical (unpaired) electrons. The van der Waals surface area contributed by atoms with Gasteiger partial charge < -0.3 is 10.4 Å². The smallest absolute Gasteiger partial charge is 0.221 e. The van der Waals surface area contributed by atoms with E-state index in [-0.39, 0.29) is 18.6 Å². The summed E-state index contributed by atoms with van der Waals surface area (Å²) in [6.45, 7) is -0.0388. The van der Waals surface area contributed by atoms with E-state index in [0.717, 1.165) is 5.56 Å². The van der Waals surface area contributed by atoms with E-state index in [1.807, 2.05) is 30.3 Å². The number of alkyl halides is 1. The number of amides is 1. The topological polar surface area (TPSA) is 49.3 Å². The van der Waals surface area contributed by atoms with Gasteiger partial charge in [-0.25, -0.2) is 0 Å². The SMILES string of the molecule is O=C(CCBr)N[C@H](CO)Cc1ccccc1. The van der Waals surface area contributed by atoms with Gasteiger partial charge in [-0.3, -0.25) is 4.79 Å². The molecule has 0 aliphatic heterocycles. The number of hydrogen-bond donors (Lipinski definition) is 2. The van der Waals surface area contributed by atoms with Crippen molar-refractivity contribution in [1.82, 2.24) is 5.32 Å². The number of benzene rings is 1. The van der Waals surface area contributed by atoms with Crippen LogP contribution in [0, 0.1) is 0 Å². The predicted molar refractivity (Wildman–Crippen MR) is 67.6 cm³/mol. The molecule has 1 rings (SSSR count). The van der Waals surface area contributed by atoms with Gasteiger partial charge in [-0.05, 0) is 12.0 Å². The molecular weight excluding hydrogens is 270 g/mol. The molecular formula is C12H16BrNO2. The van der Waals surface area contributed by atoms with Crippen LogP contribution in [-0.4, -0.2) is 29.0 Å². The molecule has 16 heavy (non-hydrogen) atoms. The van der Waals surface area contributed by atoms with Crippen molar-refractivity contribution in [3.8, 4) is 0 Å². The molecule has 1 aromatic carbocycles. The van der Waals surface area contributed by atoms with Gasteiger partial charge in [-0.1, -0.05) is 46.3 Å². The fourth-order valence-corrected chi connectivity index (χ4v) is 1.81. The molecule has 2 N–H and O–H groups in total. The van der Waals surface area contributed by atoms with Crippen molar-refractivity contribution in [2.45, 2.75) is 18.9 Å². The molecule has 4 heteroatoms. The maximum Gasteiger partial charge on any atom is 0.221 e. The van der Waals surface area contributed by atoms with E-state index in [4.69, 9.17) is 0 Å². The maximum absolute atomic E-state index is 11.4. The van der Waals surface area contributed by atoms with Crippen molar-refractivity contribution in [2.75, 3.05) is 11.9 Å². The normalized spacial score (nSPS) is 12.1. The molecule has 0 aliphatic carbocycles. The Bertz CT molecular complexity index is 316. The first-order chi connectivity index (χ1) is 7.76. The summed E-state index contributed by atoms with van der Waals surface area (Å²) in [6, 6.07) is 9.61. The zero-order chi connectivity index (χ0) is 11.8. The molecule has 0 heterocycles. The molecule has 0 aromatic heterocycles. The van der Waals surface area contributed by atoms with E-state index < -0.39 is 0 Å². The highest BCUT2D eigenvalue weighted by molar-refractivity contribution is 9.09. The Kier molecular flexibility index (Phi) is 6.11. The monoisotopic (exact) mass is 285 g/mol. The van der Waals surface area contributed by atoms with Crippen LogP contribution in [0.25, 0.3) is 0 Å². The third-order valence-corrected chi connectivity index (χ3v) is 2.63. The minimum Gasteiger partial charge on any atom is -0.394 e. The lowest BCUT2D eigenvalue weighted by atomic mass is 10.1. The lowest BCUT2D eigenvalue weighted by Crippen LogP contribution is -2.39. The van der Waals surface area contributed by atoms with Gasteiger partial charge in [0.05, 0.1) is 12.6 Å². The third kappa shape index (κ3) is 4.77. The van der Waals surface area contributed by atoms with E-state index in [2.05, 4.69) is 21.2 Å². The van der Waals surface area contributed by atoms with E-state index in [0.29, 0.717) is 18.2 Å². The van der Waals surface area contributed by atoms with Crippen LogP contribution in [-0.2, 0) is 11.2 Å². The number of carbonyl (C=O) groups excluding carboxylic acids is 1. The first kappa shape index (κ1) is 13.2. The van der Waals surface area contributed by atoms with E-state index in [1.165, 1.54) is 0 Å². The minimum atomic E-state index is -0.200. The van der Waals surface area contributed by atoms with Gasteiger partial charge in [0.2, 0.25) is 5.91 Å². The minimum absolute atomic E-state index is 0.0353. The number of rotatable bonds is 6. The molecule has 0 spiro atoms. The number of carbonyl (C=O) groups is 1. The van der Waals surface area contributed by atoms with Crippen LogP contribution >= 0.6 is 15.9 Å². The van der Waals surface area contributed by atoms with Crippen LogP contribution < -0.4 is 5.32 Å². The van der Waals surface area contributed by atoms with Crippen LogP contribution in [0.3, 0.4) is 0 Å². The number of aliphatic hydroxyl groups excluding tert-OH is 1. The standard InChI is InChI=1S/C12H16BrNO2/c13-7-6-12(16)14-11(9-15)8-10-4-2-1-3-5-10/h1-5,11,15H,6-9H2,(H,14,16)/t11-/m0/s1. The van der Waals surface area contributed by atoms with Crippen LogP contribution in [0.1, 0.15) is 12.0 Å². The summed E-state index contributed by atoms with van der Waals surface area (Å²) >= 11 is 3.21. The second kappa shape index (κ2) is 7.41. The summed E-state index contributed by atoms with van der Waals surface area (Å²) in [5.41, 5.74) is 1.11. The summed E-state index contributed by atoms with van der Waals surface area (Å²) in [7, 11) is 0. The Balaban J connectivity index is 2.46. The molecule has 0 saturated carbocycles. The van der Waals surface area contributed by atoms with Gasteiger partial charge in [-0.2, -0.15) is 0 Å². The van der Waals surface area contributed by atoms with Crippen molar-refractivity contribution < 1.29 is 9.90 Å². The van der Waals surface area contributed by atoms with Crippen molar-refractivity contribution in [1.29, 1.82) is 0 Å². The van der Waals surface area contributed by atoms with Gasteiger partial charge in [0.1, 0.15) is 0 Å². The molecule has 1 atom stereocenters. The average molecular weight is 286 g/mol. The van der Waals surface area contributed by atoms with Crippen molar-refractivity contribution in [2.24, 2.45) is 0 Å². The largest absolute Gasteiger partial charge is 0.394 e.